The summed E-state index contributed by atoms with van der Waals surface area (Å²) < 4.78 is 0.555. The van der Waals surface area contributed by atoms with E-state index in [2.05, 4.69) is 10.6 Å². The maximum absolute atomic E-state index is 12.1. The van der Waals surface area contributed by atoms with E-state index in [9.17, 15) is 9.90 Å². The predicted octanol–water partition coefficient (Wildman–Crippen LogP) is 2.79. The van der Waals surface area contributed by atoms with Crippen LogP contribution < -0.4 is 10.6 Å². The first-order chi connectivity index (χ1) is 11.0. The van der Waals surface area contributed by atoms with Crippen molar-refractivity contribution in [1.82, 2.24) is 5.32 Å². The van der Waals surface area contributed by atoms with Gasteiger partial charge in [-0.25, -0.2) is 0 Å². The number of carbonyl (C=O) groups excluding carboxylic acids is 1. The van der Waals surface area contributed by atoms with Crippen LogP contribution in [0.15, 0.2) is 42.5 Å². The monoisotopic (exact) mass is 353 g/mol. The van der Waals surface area contributed by atoms with E-state index in [0.29, 0.717) is 9.21 Å². The Bertz CT molecular complexity index is 655. The number of aliphatic hydroxyl groups excluding tert-OH is 2. The van der Waals surface area contributed by atoms with Gasteiger partial charge in [-0.3, -0.25) is 4.79 Å². The molecule has 1 heterocycles. The Labute approximate surface area is 143 Å². The summed E-state index contributed by atoms with van der Waals surface area (Å²) in [6.45, 7) is 1.61. The summed E-state index contributed by atoms with van der Waals surface area (Å²) in [5.74, 6) is -0.267. The number of hydrogen-bond donors (Lipinski definition) is 4. The number of amides is 1. The second-order valence-corrected chi connectivity index (χ2v) is 6.12. The molecule has 0 spiro atoms. The summed E-state index contributed by atoms with van der Waals surface area (Å²) in [6.07, 6.45) is -0.569. The molecule has 122 valence electrons. The number of nitrogens with zero attached hydrogens (tertiary/aromatic N) is 1. The molecule has 0 radical (unpaired) electrons. The van der Waals surface area contributed by atoms with Gasteiger partial charge in [0.2, 0.25) is 0 Å². The second-order valence-electron chi connectivity index (χ2n) is 4.41. The Morgan fingerprint density at radius 1 is 1.30 bits per heavy atom. The van der Waals surface area contributed by atoms with Crippen molar-refractivity contribution in [3.8, 4) is 6.26 Å². The van der Waals surface area contributed by atoms with Gasteiger partial charge >= 0.3 is 0 Å². The molecule has 0 aliphatic heterocycles. The van der Waals surface area contributed by atoms with Crippen LogP contribution in [0.5, 0.6) is 0 Å². The molecular formula is C15H16ClN3O3S. The van der Waals surface area contributed by atoms with Crippen molar-refractivity contribution in [2.24, 2.45) is 0 Å². The molecule has 2 atom stereocenters. The Kier molecular flexibility index (Phi) is 7.91. The van der Waals surface area contributed by atoms with Gasteiger partial charge in [-0.2, -0.15) is 5.26 Å². The van der Waals surface area contributed by atoms with E-state index in [1.807, 2.05) is 30.3 Å². The van der Waals surface area contributed by atoms with Crippen molar-refractivity contribution in [2.75, 3.05) is 5.32 Å². The molecule has 1 aromatic carbocycles. The van der Waals surface area contributed by atoms with Gasteiger partial charge in [-0.1, -0.05) is 29.8 Å². The zero-order valence-corrected chi connectivity index (χ0v) is 13.8. The lowest BCUT2D eigenvalue weighted by molar-refractivity contribution is 0.0884. The first-order valence-corrected chi connectivity index (χ1v) is 7.76. The number of carbonyl (C=O) groups is 1. The Balaban J connectivity index is 0.000000816. The molecule has 2 aromatic rings. The van der Waals surface area contributed by atoms with Gasteiger partial charge in [0.1, 0.15) is 6.17 Å². The van der Waals surface area contributed by atoms with Crippen molar-refractivity contribution in [1.29, 1.82) is 5.26 Å². The van der Waals surface area contributed by atoms with E-state index in [1.54, 1.807) is 19.1 Å². The van der Waals surface area contributed by atoms with Crippen LogP contribution in [0.2, 0.25) is 4.34 Å². The Hall–Kier alpha value is -2.27. The lowest BCUT2D eigenvalue weighted by Crippen LogP contribution is -2.47. The third-order valence-corrected chi connectivity index (χ3v) is 3.89. The van der Waals surface area contributed by atoms with Crippen molar-refractivity contribution >= 4 is 34.5 Å². The number of aliphatic hydroxyl groups is 2. The summed E-state index contributed by atoms with van der Waals surface area (Å²) in [4.78, 5) is 12.6. The number of para-hydroxylation sites is 1. The van der Waals surface area contributed by atoms with Gasteiger partial charge in [-0.15, -0.1) is 11.3 Å². The van der Waals surface area contributed by atoms with Gasteiger partial charge in [0.25, 0.3) is 12.2 Å². The molecule has 2 unspecified atom stereocenters. The first-order valence-electron chi connectivity index (χ1n) is 6.57. The Morgan fingerprint density at radius 3 is 2.39 bits per heavy atom. The average molecular weight is 354 g/mol. The minimum absolute atomic E-state index is 0.267. The maximum Gasteiger partial charge on any atom is 0.283 e. The van der Waals surface area contributed by atoms with Crippen LogP contribution in [0, 0.1) is 11.5 Å². The predicted molar refractivity (Wildman–Crippen MR) is 89.9 cm³/mol. The van der Waals surface area contributed by atoms with Crippen molar-refractivity contribution in [2.45, 2.75) is 19.2 Å². The summed E-state index contributed by atoms with van der Waals surface area (Å²) >= 11 is 7.01. The highest BCUT2D eigenvalue weighted by atomic mass is 35.5. The fraction of sp³-hybridized carbons (Fsp3) is 0.200. The molecule has 2 rings (SSSR count). The number of rotatable bonds is 5. The highest BCUT2D eigenvalue weighted by Crippen LogP contribution is 2.21. The van der Waals surface area contributed by atoms with Crippen LogP contribution >= 0.6 is 22.9 Å². The van der Waals surface area contributed by atoms with Gasteiger partial charge in [0.05, 0.1) is 15.3 Å². The fourth-order valence-corrected chi connectivity index (χ4v) is 2.59. The molecule has 1 amide bonds. The third-order valence-electron chi connectivity index (χ3n) is 2.66. The smallest absolute Gasteiger partial charge is 0.283 e. The molecular weight excluding hydrogens is 338 g/mol. The molecule has 0 aliphatic rings. The molecule has 0 saturated carbocycles. The van der Waals surface area contributed by atoms with Crippen molar-refractivity contribution < 1.29 is 15.0 Å². The van der Waals surface area contributed by atoms with Gasteiger partial charge < -0.3 is 20.8 Å². The summed E-state index contributed by atoms with van der Waals surface area (Å²) in [7, 11) is 0. The maximum atomic E-state index is 12.1. The fourth-order valence-electron chi connectivity index (χ4n) is 1.64. The van der Waals surface area contributed by atoms with Crippen molar-refractivity contribution in [3.05, 3.63) is 51.7 Å². The molecule has 0 fully saturated rings. The van der Waals surface area contributed by atoms with Crippen LogP contribution in [0.1, 0.15) is 16.6 Å². The first kappa shape index (κ1) is 18.8. The minimum atomic E-state index is -0.741. The average Bonchev–Trinajstić information content (AvgIpc) is 2.95. The second kappa shape index (κ2) is 9.69. The Morgan fingerprint density at radius 2 is 1.91 bits per heavy atom. The molecule has 0 bridgehead atoms. The molecule has 0 aliphatic carbocycles. The van der Waals surface area contributed by atoms with E-state index in [-0.39, 0.29) is 5.91 Å². The van der Waals surface area contributed by atoms with Gasteiger partial charge in [0, 0.05) is 5.69 Å². The normalized spacial score (nSPS) is 12.1. The van der Waals surface area contributed by atoms with Crippen LogP contribution in [-0.2, 0) is 0 Å². The number of hydrogen-bond acceptors (Lipinski definition) is 6. The summed E-state index contributed by atoms with van der Waals surface area (Å²) in [6, 6.07) is 12.7. The van der Waals surface area contributed by atoms with Crippen LogP contribution in [0.3, 0.4) is 0 Å². The molecule has 0 saturated heterocycles. The highest BCUT2D eigenvalue weighted by molar-refractivity contribution is 7.18. The highest BCUT2D eigenvalue weighted by Gasteiger charge is 2.19. The van der Waals surface area contributed by atoms with Gasteiger partial charge in [-0.05, 0) is 31.2 Å². The van der Waals surface area contributed by atoms with Crippen LogP contribution in [0.4, 0.5) is 5.69 Å². The van der Waals surface area contributed by atoms with E-state index in [1.165, 1.54) is 11.3 Å². The zero-order chi connectivity index (χ0) is 17.2. The molecule has 23 heavy (non-hydrogen) atoms. The topological polar surface area (TPSA) is 105 Å². The molecule has 8 heteroatoms. The largest absolute Gasteiger partial charge is 0.443 e. The van der Waals surface area contributed by atoms with E-state index in [0.717, 1.165) is 11.9 Å². The van der Waals surface area contributed by atoms with Crippen LogP contribution in [0.25, 0.3) is 0 Å². The number of anilines is 1. The zero-order valence-electron chi connectivity index (χ0n) is 12.2. The van der Waals surface area contributed by atoms with E-state index >= 15 is 0 Å². The SMILES string of the molecule is CC(O)C(NC(=O)c1ccc(Cl)s1)Nc1ccccc1.N#CO. The number of nitriles is 1. The standard InChI is InChI=1S/C14H15ClN2O2S.CHNO/c1-9(18)13(16-10-5-3-2-4-6-10)17-14(19)11-7-8-12(15)20-11;2-1-3/h2-9,13,16,18H,1H3,(H,17,19);3H. The summed E-state index contributed by atoms with van der Waals surface area (Å²) in [5, 5.41) is 29.3. The van der Waals surface area contributed by atoms with E-state index in [4.69, 9.17) is 22.0 Å². The molecule has 6 nitrogen and oxygen atoms in total. The molecule has 4 N–H and O–H groups in total. The third kappa shape index (κ3) is 6.57. The lowest BCUT2D eigenvalue weighted by Gasteiger charge is -2.23. The van der Waals surface area contributed by atoms with Gasteiger partial charge in [0.15, 0.2) is 0 Å². The van der Waals surface area contributed by atoms with E-state index < -0.39 is 12.3 Å². The van der Waals surface area contributed by atoms with Crippen LogP contribution in [-0.4, -0.2) is 28.4 Å². The summed E-state index contributed by atoms with van der Waals surface area (Å²) in [5.41, 5.74) is 0.822. The number of thiophene rings is 1. The lowest BCUT2D eigenvalue weighted by atomic mass is 10.2. The number of nitrogens with one attached hydrogen (secondary N) is 2. The quantitative estimate of drug-likeness (QED) is 0.488. The number of benzene rings is 1. The molecule has 1 aromatic heterocycles. The van der Waals surface area contributed by atoms with Crippen molar-refractivity contribution in [3.63, 3.8) is 0 Å². The minimum Gasteiger partial charge on any atom is -0.443 e. The number of halogens is 1.